The standard InChI is InChI=1S/C7H10N2O2S/c1-7(2,3)11-6(10)5-9-8-4-12-5/h4H,1-3H3. The molecular formula is C7H10N2O2S. The number of hydrogen-bond acceptors (Lipinski definition) is 5. The van der Waals surface area contributed by atoms with E-state index in [2.05, 4.69) is 10.2 Å². The predicted octanol–water partition coefficient (Wildman–Crippen LogP) is 1.49. The van der Waals surface area contributed by atoms with Gasteiger partial charge in [0.25, 0.3) is 0 Å². The SMILES string of the molecule is CC(C)(C)OC(=O)c1nncs1. The zero-order valence-corrected chi connectivity index (χ0v) is 8.01. The van der Waals surface area contributed by atoms with Crippen molar-refractivity contribution in [1.82, 2.24) is 10.2 Å². The molecular weight excluding hydrogens is 176 g/mol. The summed E-state index contributed by atoms with van der Waals surface area (Å²) in [7, 11) is 0. The van der Waals surface area contributed by atoms with Crippen LogP contribution < -0.4 is 0 Å². The van der Waals surface area contributed by atoms with Gasteiger partial charge in [-0.15, -0.1) is 10.2 Å². The summed E-state index contributed by atoms with van der Waals surface area (Å²) in [6.07, 6.45) is 0. The number of esters is 1. The average molecular weight is 186 g/mol. The maximum absolute atomic E-state index is 11.2. The third kappa shape index (κ3) is 2.58. The van der Waals surface area contributed by atoms with Gasteiger partial charge in [-0.05, 0) is 20.8 Å². The summed E-state index contributed by atoms with van der Waals surface area (Å²) >= 11 is 1.17. The molecule has 5 heteroatoms. The fourth-order valence-electron chi connectivity index (χ4n) is 0.584. The van der Waals surface area contributed by atoms with E-state index in [1.54, 1.807) is 0 Å². The Morgan fingerprint density at radius 2 is 2.25 bits per heavy atom. The Kier molecular flexibility index (Phi) is 2.42. The number of hydrogen-bond donors (Lipinski definition) is 0. The minimum atomic E-state index is -0.469. The highest BCUT2D eigenvalue weighted by Gasteiger charge is 2.19. The molecule has 0 saturated carbocycles. The Morgan fingerprint density at radius 1 is 1.58 bits per heavy atom. The first-order valence-electron chi connectivity index (χ1n) is 3.48. The lowest BCUT2D eigenvalue weighted by molar-refractivity contribution is 0.00683. The van der Waals surface area contributed by atoms with E-state index < -0.39 is 11.6 Å². The largest absolute Gasteiger partial charge is 0.455 e. The Balaban J connectivity index is 2.63. The summed E-state index contributed by atoms with van der Waals surface area (Å²) in [4.78, 5) is 11.2. The topological polar surface area (TPSA) is 52.1 Å². The van der Waals surface area contributed by atoms with Gasteiger partial charge in [-0.2, -0.15) is 0 Å². The lowest BCUT2D eigenvalue weighted by atomic mass is 10.2. The van der Waals surface area contributed by atoms with Crippen molar-refractivity contribution in [2.24, 2.45) is 0 Å². The van der Waals surface area contributed by atoms with Gasteiger partial charge in [0.05, 0.1) is 0 Å². The molecule has 0 aliphatic carbocycles. The monoisotopic (exact) mass is 186 g/mol. The van der Waals surface area contributed by atoms with Crippen molar-refractivity contribution >= 4 is 17.3 Å². The van der Waals surface area contributed by atoms with Crippen molar-refractivity contribution < 1.29 is 9.53 Å². The molecule has 0 aliphatic heterocycles. The molecule has 0 aromatic carbocycles. The number of aromatic nitrogens is 2. The average Bonchev–Trinajstić information content (AvgIpc) is 2.32. The van der Waals surface area contributed by atoms with E-state index in [9.17, 15) is 4.79 Å². The van der Waals surface area contributed by atoms with Crippen LogP contribution in [0.25, 0.3) is 0 Å². The van der Waals surface area contributed by atoms with E-state index in [4.69, 9.17) is 4.74 Å². The molecule has 0 amide bonds. The molecule has 0 N–H and O–H groups in total. The molecule has 0 radical (unpaired) electrons. The van der Waals surface area contributed by atoms with Gasteiger partial charge in [-0.25, -0.2) is 4.79 Å². The van der Waals surface area contributed by atoms with Crippen LogP contribution in [0.1, 0.15) is 30.6 Å². The normalized spacial score (nSPS) is 11.2. The van der Waals surface area contributed by atoms with Gasteiger partial charge in [0, 0.05) is 0 Å². The fourth-order valence-corrected chi connectivity index (χ4v) is 1.01. The highest BCUT2D eigenvalue weighted by Crippen LogP contribution is 2.12. The third-order valence-corrected chi connectivity index (χ3v) is 1.60. The van der Waals surface area contributed by atoms with E-state index in [0.717, 1.165) is 0 Å². The molecule has 0 unspecified atom stereocenters. The van der Waals surface area contributed by atoms with Crippen LogP contribution >= 0.6 is 11.3 Å². The Hall–Kier alpha value is -0.970. The van der Waals surface area contributed by atoms with Gasteiger partial charge in [0.1, 0.15) is 11.1 Å². The molecule has 1 aromatic rings. The molecule has 0 atom stereocenters. The van der Waals surface area contributed by atoms with Crippen LogP contribution in [0.4, 0.5) is 0 Å². The van der Waals surface area contributed by atoms with E-state index >= 15 is 0 Å². The van der Waals surface area contributed by atoms with Crippen molar-refractivity contribution in [1.29, 1.82) is 0 Å². The highest BCUT2D eigenvalue weighted by molar-refractivity contribution is 7.11. The molecule has 0 bridgehead atoms. The molecule has 0 saturated heterocycles. The molecule has 1 aromatic heterocycles. The quantitative estimate of drug-likeness (QED) is 0.623. The van der Waals surface area contributed by atoms with Crippen molar-refractivity contribution in [2.75, 3.05) is 0 Å². The number of rotatable bonds is 1. The lowest BCUT2D eigenvalue weighted by Gasteiger charge is -2.17. The molecule has 1 heterocycles. The molecule has 0 fully saturated rings. The summed E-state index contributed by atoms with van der Waals surface area (Å²) in [6.45, 7) is 5.43. The van der Waals surface area contributed by atoms with E-state index in [0.29, 0.717) is 5.01 Å². The summed E-state index contributed by atoms with van der Waals surface area (Å²) in [5.41, 5.74) is 1.03. The van der Waals surface area contributed by atoms with E-state index in [1.165, 1.54) is 16.8 Å². The Bertz CT molecular complexity index is 263. The molecule has 0 aliphatic rings. The van der Waals surface area contributed by atoms with Crippen LogP contribution in [-0.4, -0.2) is 21.8 Å². The van der Waals surface area contributed by atoms with Gasteiger partial charge in [0.2, 0.25) is 5.01 Å². The zero-order chi connectivity index (χ0) is 9.19. The van der Waals surface area contributed by atoms with Crippen molar-refractivity contribution in [3.8, 4) is 0 Å². The zero-order valence-electron chi connectivity index (χ0n) is 7.20. The first kappa shape index (κ1) is 9.12. The highest BCUT2D eigenvalue weighted by atomic mass is 32.1. The van der Waals surface area contributed by atoms with Crippen molar-refractivity contribution in [3.63, 3.8) is 0 Å². The number of carbonyl (C=O) groups is 1. The predicted molar refractivity (Wildman–Crippen MR) is 45.1 cm³/mol. The lowest BCUT2D eigenvalue weighted by Crippen LogP contribution is -2.23. The molecule has 12 heavy (non-hydrogen) atoms. The maximum atomic E-state index is 11.2. The smallest absolute Gasteiger partial charge is 0.369 e. The minimum Gasteiger partial charge on any atom is -0.455 e. The number of nitrogens with zero attached hydrogens (tertiary/aromatic N) is 2. The van der Waals surface area contributed by atoms with Crippen LogP contribution in [0.15, 0.2) is 5.51 Å². The van der Waals surface area contributed by atoms with Crippen molar-refractivity contribution in [3.05, 3.63) is 10.5 Å². The summed E-state index contributed by atoms with van der Waals surface area (Å²) < 4.78 is 5.05. The first-order valence-corrected chi connectivity index (χ1v) is 4.36. The van der Waals surface area contributed by atoms with Crippen LogP contribution in [0, 0.1) is 0 Å². The Labute approximate surface area is 74.6 Å². The minimum absolute atomic E-state index is 0.296. The van der Waals surface area contributed by atoms with Crippen LogP contribution in [0.2, 0.25) is 0 Å². The van der Waals surface area contributed by atoms with Crippen molar-refractivity contribution in [2.45, 2.75) is 26.4 Å². The molecule has 0 spiro atoms. The summed E-state index contributed by atoms with van der Waals surface area (Å²) in [5.74, 6) is -0.412. The van der Waals surface area contributed by atoms with Gasteiger partial charge in [0.15, 0.2) is 0 Å². The second kappa shape index (κ2) is 3.18. The molecule has 4 nitrogen and oxygen atoms in total. The van der Waals surface area contributed by atoms with Gasteiger partial charge >= 0.3 is 5.97 Å². The second-order valence-electron chi connectivity index (χ2n) is 3.25. The number of carbonyl (C=O) groups excluding carboxylic acids is 1. The van der Waals surface area contributed by atoms with Gasteiger partial charge in [-0.3, -0.25) is 0 Å². The van der Waals surface area contributed by atoms with Crippen LogP contribution in [0.5, 0.6) is 0 Å². The molecule has 1 rings (SSSR count). The number of ether oxygens (including phenoxy) is 1. The first-order chi connectivity index (χ1) is 5.49. The third-order valence-electron chi connectivity index (χ3n) is 0.934. The van der Waals surface area contributed by atoms with E-state index in [1.807, 2.05) is 20.8 Å². The van der Waals surface area contributed by atoms with Crippen LogP contribution in [-0.2, 0) is 4.74 Å². The molecule has 66 valence electrons. The van der Waals surface area contributed by atoms with Gasteiger partial charge < -0.3 is 4.74 Å². The second-order valence-corrected chi connectivity index (χ2v) is 4.08. The Morgan fingerprint density at radius 3 is 2.67 bits per heavy atom. The fraction of sp³-hybridized carbons (Fsp3) is 0.571. The maximum Gasteiger partial charge on any atom is 0.369 e. The van der Waals surface area contributed by atoms with Crippen LogP contribution in [0.3, 0.4) is 0 Å². The summed E-state index contributed by atoms with van der Waals surface area (Å²) in [6, 6.07) is 0. The summed E-state index contributed by atoms with van der Waals surface area (Å²) in [5, 5.41) is 7.43. The van der Waals surface area contributed by atoms with Gasteiger partial charge in [-0.1, -0.05) is 11.3 Å². The van der Waals surface area contributed by atoms with E-state index in [-0.39, 0.29) is 0 Å².